The molecule has 1 aromatic carbocycles. The maximum Gasteiger partial charge on any atom is 0.418 e. The first-order chi connectivity index (χ1) is 16.5. The SMILES string of the molecule is NC(=O)C(Oc1ccc(Cl)c(F)c1)C12CC(c3nnc(COc4cncc(C(F)(F)F)c4)o3)(C1)C2. The zero-order valence-electron chi connectivity index (χ0n) is 17.8. The van der Waals surface area contributed by atoms with Crippen molar-refractivity contribution in [1.82, 2.24) is 15.2 Å². The van der Waals surface area contributed by atoms with Crippen LogP contribution in [0.2, 0.25) is 5.02 Å². The van der Waals surface area contributed by atoms with Crippen molar-refractivity contribution in [3.8, 4) is 11.5 Å². The number of nitrogens with two attached hydrogens (primary N) is 1. The largest absolute Gasteiger partial charge is 0.482 e. The van der Waals surface area contributed by atoms with Crippen molar-refractivity contribution in [2.75, 3.05) is 0 Å². The Morgan fingerprint density at radius 3 is 2.57 bits per heavy atom. The summed E-state index contributed by atoms with van der Waals surface area (Å²) >= 11 is 5.68. The molecular formula is C22H17ClF4N4O4. The predicted molar refractivity (Wildman–Crippen MR) is 111 cm³/mol. The minimum Gasteiger partial charge on any atom is -0.482 e. The number of ether oxygens (including phenoxy) is 2. The molecule has 3 aliphatic rings. The Balaban J connectivity index is 1.22. The highest BCUT2D eigenvalue weighted by atomic mass is 35.5. The second kappa shape index (κ2) is 8.08. The number of aromatic nitrogens is 3. The number of rotatable bonds is 8. The van der Waals surface area contributed by atoms with Crippen molar-refractivity contribution in [2.24, 2.45) is 11.1 Å². The molecule has 3 aromatic rings. The molecule has 0 aliphatic heterocycles. The Morgan fingerprint density at radius 1 is 1.17 bits per heavy atom. The molecule has 184 valence electrons. The van der Waals surface area contributed by atoms with Gasteiger partial charge in [0.2, 0.25) is 5.89 Å². The van der Waals surface area contributed by atoms with Gasteiger partial charge in [-0.25, -0.2) is 4.39 Å². The molecule has 2 bridgehead atoms. The van der Waals surface area contributed by atoms with E-state index in [4.69, 9.17) is 31.2 Å². The van der Waals surface area contributed by atoms with Gasteiger partial charge < -0.3 is 19.6 Å². The number of carbonyl (C=O) groups is 1. The Kier molecular flexibility index (Phi) is 5.38. The van der Waals surface area contributed by atoms with E-state index in [0.29, 0.717) is 31.4 Å². The van der Waals surface area contributed by atoms with E-state index >= 15 is 0 Å². The second-order valence-electron chi connectivity index (χ2n) is 8.85. The molecule has 0 radical (unpaired) electrons. The van der Waals surface area contributed by atoms with Crippen LogP contribution in [0.25, 0.3) is 0 Å². The van der Waals surface area contributed by atoms with Gasteiger partial charge >= 0.3 is 6.18 Å². The Labute approximate surface area is 200 Å². The lowest BCUT2D eigenvalue weighted by Gasteiger charge is -2.69. The fourth-order valence-corrected chi connectivity index (χ4v) is 4.98. The molecule has 2 aromatic heterocycles. The molecule has 0 saturated heterocycles. The van der Waals surface area contributed by atoms with Crippen LogP contribution in [-0.2, 0) is 23.0 Å². The summed E-state index contributed by atoms with van der Waals surface area (Å²) in [5.41, 5.74) is 3.63. The van der Waals surface area contributed by atoms with E-state index in [1.807, 2.05) is 0 Å². The molecule has 1 unspecified atom stereocenters. The van der Waals surface area contributed by atoms with Gasteiger partial charge in [-0.3, -0.25) is 9.78 Å². The lowest BCUT2D eigenvalue weighted by Crippen LogP contribution is -2.72. The van der Waals surface area contributed by atoms with E-state index in [9.17, 15) is 22.4 Å². The van der Waals surface area contributed by atoms with Gasteiger partial charge in [-0.2, -0.15) is 13.2 Å². The van der Waals surface area contributed by atoms with E-state index in [2.05, 4.69) is 15.2 Å². The molecule has 2 heterocycles. The van der Waals surface area contributed by atoms with E-state index < -0.39 is 40.4 Å². The fourth-order valence-electron chi connectivity index (χ4n) is 4.87. The first-order valence-corrected chi connectivity index (χ1v) is 10.8. The summed E-state index contributed by atoms with van der Waals surface area (Å²) in [6.07, 6.45) is -2.21. The van der Waals surface area contributed by atoms with Gasteiger partial charge in [0.1, 0.15) is 17.3 Å². The molecular weight excluding hydrogens is 496 g/mol. The van der Waals surface area contributed by atoms with Crippen molar-refractivity contribution in [3.05, 3.63) is 64.8 Å². The minimum absolute atomic E-state index is 0.0714. The van der Waals surface area contributed by atoms with Crippen LogP contribution in [0.15, 0.2) is 41.1 Å². The number of hydrogen-bond acceptors (Lipinski definition) is 7. The second-order valence-corrected chi connectivity index (χ2v) is 9.25. The number of primary amides is 1. The van der Waals surface area contributed by atoms with Gasteiger partial charge in [-0.1, -0.05) is 11.6 Å². The topological polar surface area (TPSA) is 113 Å². The highest BCUT2D eigenvalue weighted by Crippen LogP contribution is 2.75. The van der Waals surface area contributed by atoms with Gasteiger partial charge in [0.15, 0.2) is 12.7 Å². The zero-order chi connectivity index (χ0) is 25.0. The molecule has 6 rings (SSSR count). The summed E-state index contributed by atoms with van der Waals surface area (Å²) in [6.45, 7) is -0.244. The van der Waals surface area contributed by atoms with Crippen LogP contribution >= 0.6 is 11.6 Å². The van der Waals surface area contributed by atoms with Crippen molar-refractivity contribution in [1.29, 1.82) is 0 Å². The summed E-state index contributed by atoms with van der Waals surface area (Å²) in [5, 5.41) is 7.87. The molecule has 1 atom stereocenters. The van der Waals surface area contributed by atoms with Crippen LogP contribution in [0.5, 0.6) is 11.5 Å². The van der Waals surface area contributed by atoms with Crippen LogP contribution < -0.4 is 15.2 Å². The maximum absolute atomic E-state index is 13.7. The molecule has 1 amide bonds. The van der Waals surface area contributed by atoms with Crippen molar-refractivity contribution >= 4 is 17.5 Å². The van der Waals surface area contributed by atoms with Gasteiger partial charge in [-0.05, 0) is 37.5 Å². The van der Waals surface area contributed by atoms with Crippen LogP contribution in [0, 0.1) is 11.2 Å². The van der Waals surface area contributed by atoms with Crippen LogP contribution in [0.3, 0.4) is 0 Å². The third-order valence-corrected chi connectivity index (χ3v) is 6.66. The van der Waals surface area contributed by atoms with Gasteiger partial charge in [0.05, 0.1) is 22.2 Å². The molecule has 35 heavy (non-hydrogen) atoms. The monoisotopic (exact) mass is 512 g/mol. The number of alkyl halides is 3. The van der Waals surface area contributed by atoms with E-state index in [1.54, 1.807) is 0 Å². The lowest BCUT2D eigenvalue weighted by molar-refractivity contribution is -0.208. The summed E-state index contributed by atoms with van der Waals surface area (Å²) in [6, 6.07) is 4.69. The predicted octanol–water partition coefficient (Wildman–Crippen LogP) is 4.21. The number of pyridine rings is 1. The average Bonchev–Trinajstić information content (AvgIpc) is 3.20. The number of nitrogens with zero attached hydrogens (tertiary/aromatic N) is 3. The molecule has 8 nitrogen and oxygen atoms in total. The molecule has 3 fully saturated rings. The Hall–Kier alpha value is -3.41. The van der Waals surface area contributed by atoms with Gasteiger partial charge in [0, 0.05) is 17.7 Å². The highest BCUT2D eigenvalue weighted by molar-refractivity contribution is 6.30. The molecule has 3 saturated carbocycles. The first-order valence-electron chi connectivity index (χ1n) is 10.4. The number of halogens is 5. The van der Waals surface area contributed by atoms with E-state index in [0.717, 1.165) is 18.3 Å². The molecule has 13 heteroatoms. The fraction of sp³-hybridized carbons (Fsp3) is 0.364. The lowest BCUT2D eigenvalue weighted by atomic mass is 9.33. The standard InChI is InChI=1S/C22H17ClF4N4O4/c23-14-2-1-12(4-15(14)24)34-17(18(28)32)20-8-21(9-20,10-20)19-31-30-16(35-19)7-33-13-3-11(5-29-6-13)22(25,26)27/h1-6,17H,7-10H2,(H2,28,32). The number of benzene rings is 1. The molecule has 0 spiro atoms. The first kappa shape index (κ1) is 23.3. The number of carbonyl (C=O) groups excluding carboxylic acids is 1. The van der Waals surface area contributed by atoms with Crippen LogP contribution in [0.1, 0.15) is 36.6 Å². The molecule has 3 aliphatic carbocycles. The Bertz CT molecular complexity index is 1280. The van der Waals surface area contributed by atoms with E-state index in [-0.39, 0.29) is 29.0 Å². The maximum atomic E-state index is 13.7. The summed E-state index contributed by atoms with van der Waals surface area (Å²) in [5.74, 6) is -0.901. The summed E-state index contributed by atoms with van der Waals surface area (Å²) in [7, 11) is 0. The number of amides is 1. The quantitative estimate of drug-likeness (QED) is 0.450. The normalized spacial score (nSPS) is 23.7. The van der Waals surface area contributed by atoms with Gasteiger partial charge in [0.25, 0.3) is 11.8 Å². The zero-order valence-corrected chi connectivity index (χ0v) is 18.6. The number of hydrogen-bond donors (Lipinski definition) is 1. The Morgan fingerprint density at radius 2 is 1.91 bits per heavy atom. The van der Waals surface area contributed by atoms with Crippen molar-refractivity contribution in [3.63, 3.8) is 0 Å². The van der Waals surface area contributed by atoms with Crippen molar-refractivity contribution < 1.29 is 36.2 Å². The summed E-state index contributed by atoms with van der Waals surface area (Å²) < 4.78 is 68.9. The summed E-state index contributed by atoms with van der Waals surface area (Å²) in [4.78, 5) is 15.6. The van der Waals surface area contributed by atoms with Crippen LogP contribution in [0.4, 0.5) is 17.6 Å². The smallest absolute Gasteiger partial charge is 0.418 e. The highest BCUT2D eigenvalue weighted by Gasteiger charge is 2.75. The van der Waals surface area contributed by atoms with E-state index in [1.165, 1.54) is 12.1 Å². The minimum atomic E-state index is -4.54. The molecule has 2 N–H and O–H groups in total. The van der Waals surface area contributed by atoms with Crippen LogP contribution in [-0.4, -0.2) is 27.2 Å². The third kappa shape index (κ3) is 4.15. The average molecular weight is 513 g/mol. The van der Waals surface area contributed by atoms with Gasteiger partial charge in [-0.15, -0.1) is 10.2 Å². The third-order valence-electron chi connectivity index (χ3n) is 6.35. The van der Waals surface area contributed by atoms with Crippen molar-refractivity contribution in [2.45, 2.75) is 43.6 Å².